The predicted octanol–water partition coefficient (Wildman–Crippen LogP) is 2.24. The van der Waals surface area contributed by atoms with E-state index in [-0.39, 0.29) is 0 Å². The van der Waals surface area contributed by atoms with Crippen molar-refractivity contribution in [1.82, 2.24) is 4.90 Å². The van der Waals surface area contributed by atoms with E-state index < -0.39 is 5.97 Å². The molecule has 102 valence electrons. The fourth-order valence-corrected chi connectivity index (χ4v) is 1.82. The molecule has 0 amide bonds. The molecule has 1 N–H and O–H groups in total. The molecular formula is C13H27NO3. The molecule has 0 radical (unpaired) electrons. The van der Waals surface area contributed by atoms with Crippen molar-refractivity contribution in [3.8, 4) is 0 Å². The van der Waals surface area contributed by atoms with E-state index in [1.54, 1.807) is 7.11 Å². The third-order valence-corrected chi connectivity index (χ3v) is 2.60. The second-order valence-electron chi connectivity index (χ2n) is 4.89. The van der Waals surface area contributed by atoms with Crippen molar-refractivity contribution in [1.29, 1.82) is 0 Å². The van der Waals surface area contributed by atoms with Crippen molar-refractivity contribution in [3.05, 3.63) is 0 Å². The summed E-state index contributed by atoms with van der Waals surface area (Å²) in [6, 6.07) is 0. The lowest BCUT2D eigenvalue weighted by molar-refractivity contribution is -0.137. The lowest BCUT2D eigenvalue weighted by atomic mass is 10.1. The molecule has 0 atom stereocenters. The Balaban J connectivity index is 3.63. The lowest BCUT2D eigenvalue weighted by Crippen LogP contribution is -2.32. The third kappa shape index (κ3) is 11.6. The SMILES string of the molecule is COCCN(CCCCCC(=O)O)CC(C)C. The predicted molar refractivity (Wildman–Crippen MR) is 69.3 cm³/mol. The molecule has 0 bridgehead atoms. The maximum absolute atomic E-state index is 10.4. The Kier molecular flexibility index (Phi) is 10.2. The van der Waals surface area contributed by atoms with Gasteiger partial charge in [0.15, 0.2) is 0 Å². The zero-order valence-corrected chi connectivity index (χ0v) is 11.4. The number of rotatable bonds is 11. The van der Waals surface area contributed by atoms with Gasteiger partial charge in [0, 0.05) is 26.6 Å². The molecule has 0 saturated heterocycles. The van der Waals surface area contributed by atoms with Gasteiger partial charge in [0.2, 0.25) is 0 Å². The van der Waals surface area contributed by atoms with Crippen LogP contribution < -0.4 is 0 Å². The Morgan fingerprint density at radius 2 is 1.94 bits per heavy atom. The van der Waals surface area contributed by atoms with Crippen molar-refractivity contribution < 1.29 is 14.6 Å². The maximum Gasteiger partial charge on any atom is 0.303 e. The summed E-state index contributed by atoms with van der Waals surface area (Å²) < 4.78 is 5.09. The number of aliphatic carboxylic acids is 1. The van der Waals surface area contributed by atoms with Gasteiger partial charge in [-0.3, -0.25) is 4.79 Å². The highest BCUT2D eigenvalue weighted by molar-refractivity contribution is 5.66. The van der Waals surface area contributed by atoms with Gasteiger partial charge in [0.25, 0.3) is 0 Å². The first-order valence-corrected chi connectivity index (χ1v) is 6.49. The first-order chi connectivity index (χ1) is 8.06. The van der Waals surface area contributed by atoms with Crippen LogP contribution in [0.5, 0.6) is 0 Å². The normalized spacial score (nSPS) is 11.4. The maximum atomic E-state index is 10.4. The number of methoxy groups -OCH3 is 1. The monoisotopic (exact) mass is 245 g/mol. The van der Waals surface area contributed by atoms with Crippen molar-refractivity contribution in [2.24, 2.45) is 5.92 Å². The third-order valence-electron chi connectivity index (χ3n) is 2.60. The minimum atomic E-state index is -0.691. The lowest BCUT2D eigenvalue weighted by Gasteiger charge is -2.23. The van der Waals surface area contributed by atoms with Crippen LogP contribution in [0.25, 0.3) is 0 Å². The van der Waals surface area contributed by atoms with E-state index in [1.807, 2.05) is 0 Å². The summed E-state index contributed by atoms with van der Waals surface area (Å²) in [6.07, 6.45) is 3.15. The van der Waals surface area contributed by atoms with Crippen LogP contribution in [0.4, 0.5) is 0 Å². The Morgan fingerprint density at radius 1 is 1.24 bits per heavy atom. The van der Waals surface area contributed by atoms with Crippen LogP contribution in [0.3, 0.4) is 0 Å². The number of carboxylic acids is 1. The second kappa shape index (κ2) is 10.5. The first-order valence-electron chi connectivity index (χ1n) is 6.49. The molecule has 0 unspecified atom stereocenters. The summed E-state index contributed by atoms with van der Waals surface area (Å²) >= 11 is 0. The Morgan fingerprint density at radius 3 is 2.47 bits per heavy atom. The zero-order chi connectivity index (χ0) is 13.1. The van der Waals surface area contributed by atoms with E-state index >= 15 is 0 Å². The van der Waals surface area contributed by atoms with Gasteiger partial charge in [-0.15, -0.1) is 0 Å². The summed E-state index contributed by atoms with van der Waals surface area (Å²) in [5, 5.41) is 8.53. The topological polar surface area (TPSA) is 49.8 Å². The number of hydrogen-bond acceptors (Lipinski definition) is 3. The Labute approximate surface area is 105 Å². The van der Waals surface area contributed by atoms with Gasteiger partial charge in [-0.1, -0.05) is 20.3 Å². The fourth-order valence-electron chi connectivity index (χ4n) is 1.82. The standard InChI is InChI=1S/C13H27NO3/c1-12(2)11-14(9-10-17-3)8-6-4-5-7-13(15)16/h12H,4-11H2,1-3H3,(H,15,16). The highest BCUT2D eigenvalue weighted by atomic mass is 16.5. The van der Waals surface area contributed by atoms with Crippen molar-refractivity contribution >= 4 is 5.97 Å². The van der Waals surface area contributed by atoms with Crippen LogP contribution in [0.15, 0.2) is 0 Å². The highest BCUT2D eigenvalue weighted by Crippen LogP contribution is 2.04. The van der Waals surface area contributed by atoms with Crippen LogP contribution in [-0.4, -0.2) is 49.3 Å². The van der Waals surface area contributed by atoms with E-state index in [1.165, 1.54) is 0 Å². The fraction of sp³-hybridized carbons (Fsp3) is 0.923. The van der Waals surface area contributed by atoms with Gasteiger partial charge in [-0.05, 0) is 25.3 Å². The molecule has 4 heteroatoms. The quantitative estimate of drug-likeness (QED) is 0.567. The average Bonchev–Trinajstić information content (AvgIpc) is 2.23. The van der Waals surface area contributed by atoms with E-state index in [0.717, 1.165) is 45.5 Å². The van der Waals surface area contributed by atoms with Gasteiger partial charge in [0.1, 0.15) is 0 Å². The number of carboxylic acid groups (broad SMARTS) is 1. The molecule has 0 heterocycles. The minimum absolute atomic E-state index is 0.294. The van der Waals surface area contributed by atoms with Crippen molar-refractivity contribution in [2.45, 2.75) is 39.5 Å². The molecule has 0 aromatic carbocycles. The summed E-state index contributed by atoms with van der Waals surface area (Å²) in [5.74, 6) is -0.0331. The molecule has 0 aliphatic carbocycles. The van der Waals surface area contributed by atoms with Crippen molar-refractivity contribution in [2.75, 3.05) is 33.4 Å². The van der Waals surface area contributed by atoms with E-state index in [2.05, 4.69) is 18.7 Å². The van der Waals surface area contributed by atoms with Gasteiger partial charge < -0.3 is 14.7 Å². The van der Waals surface area contributed by atoms with Gasteiger partial charge in [-0.25, -0.2) is 0 Å². The summed E-state index contributed by atoms with van der Waals surface area (Å²) in [4.78, 5) is 12.8. The van der Waals surface area contributed by atoms with Gasteiger partial charge >= 0.3 is 5.97 Å². The molecular weight excluding hydrogens is 218 g/mol. The van der Waals surface area contributed by atoms with Gasteiger partial charge in [0.05, 0.1) is 6.61 Å². The van der Waals surface area contributed by atoms with Crippen LogP contribution >= 0.6 is 0 Å². The van der Waals surface area contributed by atoms with Crippen LogP contribution in [0.1, 0.15) is 39.5 Å². The summed E-state index contributed by atoms with van der Waals surface area (Å²) in [5.41, 5.74) is 0. The van der Waals surface area contributed by atoms with Crippen LogP contribution in [-0.2, 0) is 9.53 Å². The number of carbonyl (C=O) groups is 1. The Bertz CT molecular complexity index is 195. The molecule has 17 heavy (non-hydrogen) atoms. The van der Waals surface area contributed by atoms with Crippen LogP contribution in [0, 0.1) is 5.92 Å². The largest absolute Gasteiger partial charge is 0.481 e. The number of nitrogens with zero attached hydrogens (tertiary/aromatic N) is 1. The average molecular weight is 245 g/mol. The number of unbranched alkanes of at least 4 members (excludes halogenated alkanes) is 2. The minimum Gasteiger partial charge on any atom is -0.481 e. The van der Waals surface area contributed by atoms with Crippen molar-refractivity contribution in [3.63, 3.8) is 0 Å². The summed E-state index contributed by atoms with van der Waals surface area (Å²) in [6.45, 7) is 8.29. The van der Waals surface area contributed by atoms with E-state index in [0.29, 0.717) is 12.3 Å². The molecule has 0 fully saturated rings. The number of ether oxygens (including phenoxy) is 1. The molecule has 0 aromatic rings. The molecule has 0 aromatic heterocycles. The van der Waals surface area contributed by atoms with E-state index in [9.17, 15) is 4.79 Å². The Hall–Kier alpha value is -0.610. The smallest absolute Gasteiger partial charge is 0.303 e. The molecule has 0 spiro atoms. The van der Waals surface area contributed by atoms with Crippen LogP contribution in [0.2, 0.25) is 0 Å². The number of hydrogen-bond donors (Lipinski definition) is 1. The second-order valence-corrected chi connectivity index (χ2v) is 4.89. The molecule has 0 rings (SSSR count). The molecule has 4 nitrogen and oxygen atoms in total. The molecule has 0 aliphatic rings. The molecule has 0 saturated carbocycles. The summed E-state index contributed by atoms with van der Waals surface area (Å²) in [7, 11) is 1.72. The molecule has 0 aliphatic heterocycles. The highest BCUT2D eigenvalue weighted by Gasteiger charge is 2.06. The van der Waals surface area contributed by atoms with Gasteiger partial charge in [-0.2, -0.15) is 0 Å². The van der Waals surface area contributed by atoms with E-state index in [4.69, 9.17) is 9.84 Å². The zero-order valence-electron chi connectivity index (χ0n) is 11.4. The first kappa shape index (κ1) is 16.4.